The van der Waals surface area contributed by atoms with Crippen LogP contribution in [-0.2, 0) is 11.2 Å². The molecule has 1 aromatic carbocycles. The van der Waals surface area contributed by atoms with Crippen LogP contribution < -0.4 is 0 Å². The van der Waals surface area contributed by atoms with Crippen LogP contribution in [0.5, 0.6) is 0 Å². The summed E-state index contributed by atoms with van der Waals surface area (Å²) in [5.41, 5.74) is 2.23. The molecular formula is C10H12OS. The van der Waals surface area contributed by atoms with E-state index in [2.05, 4.69) is 12.6 Å². The second kappa shape index (κ2) is 3.76. The summed E-state index contributed by atoms with van der Waals surface area (Å²) >= 11 is 4.21. The number of ketones is 1. The Morgan fingerprint density at radius 3 is 2.75 bits per heavy atom. The molecular weight excluding hydrogens is 168 g/mol. The molecule has 0 bridgehead atoms. The van der Waals surface area contributed by atoms with E-state index >= 15 is 0 Å². The average molecular weight is 180 g/mol. The number of hydrogen-bond acceptors (Lipinski definition) is 2. The molecule has 0 N–H and O–H groups in total. The lowest BCUT2D eigenvalue weighted by Gasteiger charge is -2.03. The molecule has 0 unspecified atom stereocenters. The van der Waals surface area contributed by atoms with Crippen molar-refractivity contribution in [2.24, 2.45) is 0 Å². The van der Waals surface area contributed by atoms with Crippen LogP contribution in [0.25, 0.3) is 0 Å². The first-order chi connectivity index (χ1) is 5.59. The van der Waals surface area contributed by atoms with E-state index in [1.54, 1.807) is 6.92 Å². The van der Waals surface area contributed by atoms with Crippen molar-refractivity contribution >= 4 is 18.4 Å². The minimum Gasteiger partial charge on any atom is -0.300 e. The molecule has 1 aromatic rings. The second-order valence-corrected chi connectivity index (χ2v) is 3.51. The van der Waals surface area contributed by atoms with E-state index in [1.165, 1.54) is 0 Å². The van der Waals surface area contributed by atoms with Crippen LogP contribution in [0.4, 0.5) is 0 Å². The van der Waals surface area contributed by atoms with Crippen LogP contribution >= 0.6 is 12.6 Å². The van der Waals surface area contributed by atoms with Crippen molar-refractivity contribution < 1.29 is 4.79 Å². The third kappa shape index (κ3) is 2.38. The zero-order valence-electron chi connectivity index (χ0n) is 7.29. The van der Waals surface area contributed by atoms with Gasteiger partial charge in [-0.3, -0.25) is 4.79 Å². The number of aryl methyl sites for hydroxylation is 1. The van der Waals surface area contributed by atoms with E-state index in [-0.39, 0.29) is 5.78 Å². The number of carbonyl (C=O) groups excluding carboxylic acids is 1. The molecule has 0 saturated carbocycles. The number of Topliss-reactive ketones (excluding diaryl/α,β-unsaturated/α-hetero) is 1. The van der Waals surface area contributed by atoms with Crippen LogP contribution in [0.3, 0.4) is 0 Å². The van der Waals surface area contributed by atoms with Crippen LogP contribution in [0, 0.1) is 6.92 Å². The van der Waals surface area contributed by atoms with Crippen molar-refractivity contribution in [1.29, 1.82) is 0 Å². The largest absolute Gasteiger partial charge is 0.300 e. The Hall–Kier alpha value is -0.760. The molecule has 0 aliphatic heterocycles. The van der Waals surface area contributed by atoms with Crippen LogP contribution in [0.2, 0.25) is 0 Å². The Morgan fingerprint density at radius 1 is 1.50 bits per heavy atom. The summed E-state index contributed by atoms with van der Waals surface area (Å²) in [7, 11) is 0. The van der Waals surface area contributed by atoms with E-state index in [9.17, 15) is 4.79 Å². The van der Waals surface area contributed by atoms with E-state index in [0.717, 1.165) is 16.0 Å². The van der Waals surface area contributed by atoms with Gasteiger partial charge in [0.2, 0.25) is 0 Å². The zero-order chi connectivity index (χ0) is 9.14. The number of benzene rings is 1. The molecule has 0 spiro atoms. The first-order valence-corrected chi connectivity index (χ1v) is 4.32. The highest BCUT2D eigenvalue weighted by Gasteiger charge is 2.01. The first-order valence-electron chi connectivity index (χ1n) is 3.87. The molecule has 12 heavy (non-hydrogen) atoms. The average Bonchev–Trinajstić information content (AvgIpc) is 1.96. The van der Waals surface area contributed by atoms with Crippen LogP contribution in [0.1, 0.15) is 18.1 Å². The zero-order valence-corrected chi connectivity index (χ0v) is 8.19. The Kier molecular flexibility index (Phi) is 2.93. The maximum atomic E-state index is 10.9. The first kappa shape index (κ1) is 9.33. The van der Waals surface area contributed by atoms with Gasteiger partial charge in [0.05, 0.1) is 0 Å². The van der Waals surface area contributed by atoms with Crippen molar-refractivity contribution in [2.45, 2.75) is 25.2 Å². The molecule has 0 fully saturated rings. The van der Waals surface area contributed by atoms with Crippen molar-refractivity contribution in [3.63, 3.8) is 0 Å². The monoisotopic (exact) mass is 180 g/mol. The summed E-state index contributed by atoms with van der Waals surface area (Å²) in [6, 6.07) is 5.86. The van der Waals surface area contributed by atoms with Gasteiger partial charge in [-0.1, -0.05) is 6.07 Å². The lowest BCUT2D eigenvalue weighted by Crippen LogP contribution is -1.98. The van der Waals surface area contributed by atoms with Crippen molar-refractivity contribution in [3.8, 4) is 0 Å². The summed E-state index contributed by atoms with van der Waals surface area (Å²) in [5, 5.41) is 0. The van der Waals surface area contributed by atoms with E-state index < -0.39 is 0 Å². The summed E-state index contributed by atoms with van der Waals surface area (Å²) in [6.45, 7) is 3.61. The number of thiol groups is 1. The van der Waals surface area contributed by atoms with Gasteiger partial charge in [0, 0.05) is 11.3 Å². The van der Waals surface area contributed by atoms with Gasteiger partial charge in [-0.05, 0) is 37.1 Å². The minimum absolute atomic E-state index is 0.192. The maximum absolute atomic E-state index is 10.9. The predicted molar refractivity (Wildman–Crippen MR) is 52.8 cm³/mol. The van der Waals surface area contributed by atoms with Gasteiger partial charge in [0.1, 0.15) is 5.78 Å². The van der Waals surface area contributed by atoms with Gasteiger partial charge in [0.15, 0.2) is 0 Å². The fourth-order valence-corrected chi connectivity index (χ4v) is 1.35. The molecule has 0 amide bonds. The Morgan fingerprint density at radius 2 is 2.17 bits per heavy atom. The molecule has 0 heterocycles. The fraction of sp³-hybridized carbons (Fsp3) is 0.300. The second-order valence-electron chi connectivity index (χ2n) is 2.99. The highest BCUT2D eigenvalue weighted by atomic mass is 32.1. The lowest BCUT2D eigenvalue weighted by atomic mass is 10.0. The van der Waals surface area contributed by atoms with E-state index in [0.29, 0.717) is 6.42 Å². The number of hydrogen-bond donors (Lipinski definition) is 1. The van der Waals surface area contributed by atoms with Crippen molar-refractivity contribution in [3.05, 3.63) is 29.3 Å². The summed E-state index contributed by atoms with van der Waals surface area (Å²) in [5.74, 6) is 0.192. The highest BCUT2D eigenvalue weighted by molar-refractivity contribution is 7.80. The Bertz CT molecular complexity index is 305. The van der Waals surface area contributed by atoms with Crippen molar-refractivity contribution in [1.82, 2.24) is 0 Å². The normalized spacial score (nSPS) is 9.92. The summed E-state index contributed by atoms with van der Waals surface area (Å²) in [4.78, 5) is 11.8. The summed E-state index contributed by atoms with van der Waals surface area (Å²) < 4.78 is 0. The van der Waals surface area contributed by atoms with Crippen LogP contribution in [-0.4, -0.2) is 5.78 Å². The van der Waals surface area contributed by atoms with Gasteiger partial charge in [-0.25, -0.2) is 0 Å². The number of carbonyl (C=O) groups is 1. The summed E-state index contributed by atoms with van der Waals surface area (Å²) in [6.07, 6.45) is 0.514. The fourth-order valence-electron chi connectivity index (χ4n) is 1.12. The topological polar surface area (TPSA) is 17.1 Å². The predicted octanol–water partition coefficient (Wildman–Crippen LogP) is 2.42. The van der Waals surface area contributed by atoms with Gasteiger partial charge in [0.25, 0.3) is 0 Å². The highest BCUT2D eigenvalue weighted by Crippen LogP contribution is 2.14. The van der Waals surface area contributed by atoms with E-state index in [1.807, 2.05) is 25.1 Å². The molecule has 1 rings (SSSR count). The van der Waals surface area contributed by atoms with Crippen LogP contribution in [0.15, 0.2) is 23.1 Å². The minimum atomic E-state index is 0.192. The van der Waals surface area contributed by atoms with Gasteiger partial charge < -0.3 is 0 Å². The SMILES string of the molecule is CC(=O)Cc1cc(S)ccc1C. The quantitative estimate of drug-likeness (QED) is 0.692. The maximum Gasteiger partial charge on any atom is 0.134 e. The Balaban J connectivity index is 2.97. The van der Waals surface area contributed by atoms with Crippen molar-refractivity contribution in [2.75, 3.05) is 0 Å². The molecule has 0 aliphatic rings. The number of rotatable bonds is 2. The smallest absolute Gasteiger partial charge is 0.134 e. The van der Waals surface area contributed by atoms with Gasteiger partial charge in [-0.2, -0.15) is 0 Å². The third-order valence-corrected chi connectivity index (χ3v) is 2.05. The molecule has 0 aromatic heterocycles. The van der Waals surface area contributed by atoms with Gasteiger partial charge >= 0.3 is 0 Å². The van der Waals surface area contributed by atoms with E-state index in [4.69, 9.17) is 0 Å². The third-order valence-electron chi connectivity index (χ3n) is 1.77. The molecule has 2 heteroatoms. The molecule has 1 nitrogen and oxygen atoms in total. The molecule has 0 radical (unpaired) electrons. The Labute approximate surface area is 78.2 Å². The molecule has 0 aliphatic carbocycles. The lowest BCUT2D eigenvalue weighted by molar-refractivity contribution is -0.116. The molecule has 0 atom stereocenters. The molecule has 0 saturated heterocycles. The molecule has 64 valence electrons. The standard InChI is InChI=1S/C10H12OS/c1-7-3-4-10(12)6-9(7)5-8(2)11/h3-4,6,12H,5H2,1-2H3. The van der Waals surface area contributed by atoms with Gasteiger partial charge in [-0.15, -0.1) is 12.6 Å².